The number of rotatable bonds is 1. The second-order valence-electron chi connectivity index (χ2n) is 8.63. The number of Topliss-reactive ketones (excluding diaryl/α,β-unsaturated/α-hetero) is 1. The summed E-state index contributed by atoms with van der Waals surface area (Å²) in [5, 5.41) is 3.54. The summed E-state index contributed by atoms with van der Waals surface area (Å²) in [6.07, 6.45) is 13.0. The monoisotopic (exact) mass is 371 g/mol. The number of piperidine rings is 1. The lowest BCUT2D eigenvalue weighted by molar-refractivity contribution is -0.133. The molecule has 4 unspecified atom stereocenters. The zero-order chi connectivity index (χ0) is 19.5. The molecule has 1 N–H and O–H groups in total. The maximum Gasteiger partial charge on any atom is 0.155 e. The molecule has 2 aliphatic heterocycles. The number of ketones is 1. The molecule has 0 bridgehead atoms. The molecule has 1 aromatic carbocycles. The Morgan fingerprint density at radius 1 is 1.00 bits per heavy atom. The molecule has 0 aromatic heterocycles. The Morgan fingerprint density at radius 2 is 1.79 bits per heavy atom. The molecule has 1 fully saturated rings. The average Bonchev–Trinajstić information content (AvgIpc) is 2.71. The summed E-state index contributed by atoms with van der Waals surface area (Å²) < 4.78 is 6.63. The lowest BCUT2D eigenvalue weighted by Gasteiger charge is -2.47. The Bertz CT molecular complexity index is 989. The lowest BCUT2D eigenvalue weighted by Crippen LogP contribution is -2.63. The second-order valence-corrected chi connectivity index (χ2v) is 8.63. The highest BCUT2D eigenvalue weighted by molar-refractivity contribution is 5.91. The van der Waals surface area contributed by atoms with Gasteiger partial charge in [0.2, 0.25) is 0 Å². The summed E-state index contributed by atoms with van der Waals surface area (Å²) in [4.78, 5) is 13.0. The van der Waals surface area contributed by atoms with Gasteiger partial charge in [-0.2, -0.15) is 0 Å². The SMILES string of the molecule is CC1C(=O)C(C)(C)NC2C=CC3=C(OC(c4ccccc4)=C4C=CC=CC43)C21. The number of allylic oxidation sites excluding steroid dienone is 7. The zero-order valence-corrected chi connectivity index (χ0v) is 16.5. The quantitative estimate of drug-likeness (QED) is 0.786. The third kappa shape index (κ3) is 2.50. The van der Waals surface area contributed by atoms with E-state index in [1.807, 2.05) is 39.0 Å². The fourth-order valence-corrected chi connectivity index (χ4v) is 5.06. The first-order valence-corrected chi connectivity index (χ1v) is 10.0. The van der Waals surface area contributed by atoms with Crippen molar-refractivity contribution in [2.45, 2.75) is 32.4 Å². The molecule has 1 aromatic rings. The molecule has 28 heavy (non-hydrogen) atoms. The van der Waals surface area contributed by atoms with Crippen LogP contribution in [0.1, 0.15) is 26.3 Å². The van der Waals surface area contributed by atoms with E-state index in [0.29, 0.717) is 0 Å². The van der Waals surface area contributed by atoms with Crippen LogP contribution in [0, 0.1) is 17.8 Å². The van der Waals surface area contributed by atoms with Crippen molar-refractivity contribution < 1.29 is 9.53 Å². The van der Waals surface area contributed by atoms with Crippen LogP contribution in [0.25, 0.3) is 5.76 Å². The third-order valence-corrected chi connectivity index (χ3v) is 6.42. The van der Waals surface area contributed by atoms with Gasteiger partial charge < -0.3 is 4.74 Å². The van der Waals surface area contributed by atoms with Gasteiger partial charge in [-0.05, 0) is 13.8 Å². The topological polar surface area (TPSA) is 38.3 Å². The molecule has 3 nitrogen and oxygen atoms in total. The minimum Gasteiger partial charge on any atom is -0.460 e. The van der Waals surface area contributed by atoms with Crippen molar-refractivity contribution in [3.05, 3.63) is 89.3 Å². The maximum atomic E-state index is 13.0. The van der Waals surface area contributed by atoms with E-state index in [2.05, 4.69) is 53.9 Å². The van der Waals surface area contributed by atoms with Gasteiger partial charge in [0.1, 0.15) is 11.5 Å². The van der Waals surface area contributed by atoms with Gasteiger partial charge in [-0.15, -0.1) is 0 Å². The van der Waals surface area contributed by atoms with Gasteiger partial charge in [0, 0.05) is 40.5 Å². The predicted octanol–water partition coefficient (Wildman–Crippen LogP) is 4.57. The smallest absolute Gasteiger partial charge is 0.155 e. The summed E-state index contributed by atoms with van der Waals surface area (Å²) in [5.74, 6) is 2.18. The van der Waals surface area contributed by atoms with Crippen molar-refractivity contribution in [3.63, 3.8) is 0 Å². The van der Waals surface area contributed by atoms with E-state index in [4.69, 9.17) is 4.74 Å². The van der Waals surface area contributed by atoms with E-state index in [1.165, 1.54) is 11.1 Å². The number of carbonyl (C=O) groups is 1. The molecule has 1 saturated heterocycles. The van der Waals surface area contributed by atoms with Crippen molar-refractivity contribution in [3.8, 4) is 0 Å². The molecular formula is C25H25NO2. The van der Waals surface area contributed by atoms with Crippen molar-refractivity contribution >= 4 is 11.5 Å². The van der Waals surface area contributed by atoms with Crippen molar-refractivity contribution in [2.24, 2.45) is 17.8 Å². The summed E-state index contributed by atoms with van der Waals surface area (Å²) in [7, 11) is 0. The molecule has 2 aliphatic carbocycles. The Kier molecular flexibility index (Phi) is 3.85. The van der Waals surface area contributed by atoms with Gasteiger partial charge in [-0.1, -0.05) is 73.7 Å². The largest absolute Gasteiger partial charge is 0.460 e. The number of nitrogens with one attached hydrogen (secondary N) is 1. The van der Waals surface area contributed by atoms with Crippen molar-refractivity contribution in [1.29, 1.82) is 0 Å². The summed E-state index contributed by atoms with van der Waals surface area (Å²) >= 11 is 0. The minimum atomic E-state index is -0.519. The standard InChI is InChI=1S/C25H25NO2/c1-15-21-20(26-25(2,3)24(15)27)14-13-19-17-11-7-8-12-18(17)22(28-23(19)21)16-9-5-4-6-10-16/h4-15,17,20-21,26H,1-3H3. The van der Waals surface area contributed by atoms with E-state index in [9.17, 15) is 4.79 Å². The van der Waals surface area contributed by atoms with E-state index in [1.54, 1.807) is 0 Å². The molecule has 4 atom stereocenters. The van der Waals surface area contributed by atoms with E-state index < -0.39 is 5.54 Å². The number of fused-ring (bicyclic) bond motifs is 4. The molecule has 142 valence electrons. The van der Waals surface area contributed by atoms with Crippen molar-refractivity contribution in [2.75, 3.05) is 0 Å². The van der Waals surface area contributed by atoms with Gasteiger partial charge in [0.15, 0.2) is 5.78 Å². The highest BCUT2D eigenvalue weighted by Crippen LogP contribution is 2.48. The van der Waals surface area contributed by atoms with Crippen LogP contribution >= 0.6 is 0 Å². The van der Waals surface area contributed by atoms with Crippen LogP contribution in [-0.2, 0) is 9.53 Å². The molecular weight excluding hydrogens is 346 g/mol. The van der Waals surface area contributed by atoms with Gasteiger partial charge in [-0.25, -0.2) is 0 Å². The summed E-state index contributed by atoms with van der Waals surface area (Å²) in [6.45, 7) is 6.00. The third-order valence-electron chi connectivity index (χ3n) is 6.42. The van der Waals surface area contributed by atoms with Gasteiger partial charge >= 0.3 is 0 Å². The molecule has 2 heterocycles. The highest BCUT2D eigenvalue weighted by Gasteiger charge is 2.50. The Labute approximate surface area is 166 Å². The van der Waals surface area contributed by atoms with E-state index in [0.717, 1.165) is 17.1 Å². The van der Waals surface area contributed by atoms with Gasteiger partial charge in [-0.3, -0.25) is 10.1 Å². The number of hydrogen-bond donors (Lipinski definition) is 1. The summed E-state index contributed by atoms with van der Waals surface area (Å²) in [5.41, 5.74) is 2.91. The molecule has 0 saturated carbocycles. The second kappa shape index (κ2) is 6.18. The van der Waals surface area contributed by atoms with Crippen LogP contribution in [0.2, 0.25) is 0 Å². The van der Waals surface area contributed by atoms with Crippen LogP contribution in [-0.4, -0.2) is 17.4 Å². The number of ether oxygens (including phenoxy) is 1. The molecule has 0 spiro atoms. The summed E-state index contributed by atoms with van der Waals surface area (Å²) in [6, 6.07) is 10.4. The molecule has 3 heteroatoms. The van der Waals surface area contributed by atoms with E-state index in [-0.39, 0.29) is 29.6 Å². The molecule has 0 amide bonds. The number of carbonyl (C=O) groups excluding carboxylic acids is 1. The van der Waals surface area contributed by atoms with Crippen LogP contribution < -0.4 is 5.32 Å². The van der Waals surface area contributed by atoms with Crippen molar-refractivity contribution in [1.82, 2.24) is 5.32 Å². The Morgan fingerprint density at radius 3 is 2.57 bits per heavy atom. The first-order chi connectivity index (χ1) is 13.5. The van der Waals surface area contributed by atoms with Crippen LogP contribution in [0.15, 0.2) is 83.7 Å². The highest BCUT2D eigenvalue weighted by atomic mass is 16.5. The Balaban J connectivity index is 1.62. The molecule has 0 radical (unpaired) electrons. The molecule has 4 aliphatic rings. The predicted molar refractivity (Wildman–Crippen MR) is 111 cm³/mol. The lowest BCUT2D eigenvalue weighted by atomic mass is 9.68. The fourth-order valence-electron chi connectivity index (χ4n) is 5.06. The minimum absolute atomic E-state index is 0.0140. The van der Waals surface area contributed by atoms with Gasteiger partial charge in [0.25, 0.3) is 0 Å². The number of hydrogen-bond acceptors (Lipinski definition) is 3. The molecule has 5 rings (SSSR count). The first kappa shape index (κ1) is 17.4. The normalized spacial score (nSPS) is 32.6. The maximum absolute atomic E-state index is 13.0. The van der Waals surface area contributed by atoms with Crippen LogP contribution in [0.5, 0.6) is 0 Å². The zero-order valence-electron chi connectivity index (χ0n) is 16.5. The van der Waals surface area contributed by atoms with Crippen LogP contribution in [0.3, 0.4) is 0 Å². The van der Waals surface area contributed by atoms with Crippen LogP contribution in [0.4, 0.5) is 0 Å². The van der Waals surface area contributed by atoms with E-state index >= 15 is 0 Å². The first-order valence-electron chi connectivity index (χ1n) is 10.0. The fraction of sp³-hybridized carbons (Fsp3) is 0.320. The number of benzene rings is 1. The van der Waals surface area contributed by atoms with Gasteiger partial charge in [0.05, 0.1) is 5.54 Å². The average molecular weight is 371 g/mol. The Hall–Kier alpha value is -2.65.